The number of nitrogens with one attached hydrogen (secondary N) is 1. The lowest BCUT2D eigenvalue weighted by Gasteiger charge is -2.43. The molecule has 3 heterocycles. The average molecular weight is 556 g/mol. The van der Waals surface area contributed by atoms with Crippen LogP contribution in [-0.4, -0.2) is 87.7 Å². The number of rotatable bonds is 6. The highest BCUT2D eigenvalue weighted by Crippen LogP contribution is 2.38. The minimum Gasteiger partial charge on any atom is -0.381 e. The standard InChI is InChI=1S/C24H37N5O2.HI/c1-25-23(26-18-24(27(2)3)11-15-31-16-12-24)29-17-19(20-7-4-5-8-21(20)29)10-14-28-13-6-9-22(28)30;/h4-5,7-8,19H,6,9-18H2,1-3H3,(H,25,26);1H. The van der Waals surface area contributed by atoms with Gasteiger partial charge in [0.2, 0.25) is 5.91 Å². The van der Waals surface area contributed by atoms with E-state index in [1.165, 1.54) is 11.3 Å². The van der Waals surface area contributed by atoms with Gasteiger partial charge >= 0.3 is 0 Å². The Morgan fingerprint density at radius 1 is 1.28 bits per heavy atom. The molecule has 3 aliphatic heterocycles. The van der Waals surface area contributed by atoms with Crippen LogP contribution in [0.5, 0.6) is 0 Å². The molecule has 32 heavy (non-hydrogen) atoms. The van der Waals surface area contributed by atoms with Gasteiger partial charge in [-0.3, -0.25) is 9.79 Å². The second-order valence-corrected chi connectivity index (χ2v) is 9.27. The van der Waals surface area contributed by atoms with E-state index in [4.69, 9.17) is 4.74 Å². The summed E-state index contributed by atoms with van der Waals surface area (Å²) in [5.74, 6) is 1.65. The first kappa shape index (κ1) is 25.2. The second-order valence-electron chi connectivity index (χ2n) is 9.27. The van der Waals surface area contributed by atoms with Crippen LogP contribution in [0.1, 0.15) is 43.6 Å². The average Bonchev–Trinajstić information content (AvgIpc) is 3.37. The van der Waals surface area contributed by atoms with Crippen LogP contribution in [0.2, 0.25) is 0 Å². The summed E-state index contributed by atoms with van der Waals surface area (Å²) in [5, 5.41) is 3.68. The van der Waals surface area contributed by atoms with Gasteiger partial charge in [-0.2, -0.15) is 0 Å². The number of hydrogen-bond acceptors (Lipinski definition) is 4. The van der Waals surface area contributed by atoms with Gasteiger partial charge in [0.05, 0.1) is 0 Å². The van der Waals surface area contributed by atoms with Crippen molar-refractivity contribution in [2.75, 3.05) is 65.4 Å². The fourth-order valence-corrected chi connectivity index (χ4v) is 5.27. The molecule has 1 unspecified atom stereocenters. The summed E-state index contributed by atoms with van der Waals surface area (Å²) in [6.07, 6.45) is 4.75. The molecule has 2 saturated heterocycles. The van der Waals surface area contributed by atoms with Crippen molar-refractivity contribution in [1.82, 2.24) is 15.1 Å². The summed E-state index contributed by atoms with van der Waals surface area (Å²) in [7, 11) is 6.20. The number of para-hydroxylation sites is 1. The number of fused-ring (bicyclic) bond motifs is 1. The Labute approximate surface area is 209 Å². The van der Waals surface area contributed by atoms with Crippen LogP contribution in [0.25, 0.3) is 0 Å². The van der Waals surface area contributed by atoms with Crippen LogP contribution in [-0.2, 0) is 9.53 Å². The third-order valence-corrected chi connectivity index (χ3v) is 7.40. The van der Waals surface area contributed by atoms with E-state index in [9.17, 15) is 4.79 Å². The summed E-state index contributed by atoms with van der Waals surface area (Å²) < 4.78 is 5.62. The monoisotopic (exact) mass is 555 g/mol. The van der Waals surface area contributed by atoms with Gasteiger partial charge in [-0.1, -0.05) is 18.2 Å². The third kappa shape index (κ3) is 5.22. The van der Waals surface area contributed by atoms with Crippen molar-refractivity contribution < 1.29 is 9.53 Å². The summed E-state index contributed by atoms with van der Waals surface area (Å²) in [6.45, 7) is 5.13. The fraction of sp³-hybridized carbons (Fsp3) is 0.667. The van der Waals surface area contributed by atoms with Crippen molar-refractivity contribution in [3.05, 3.63) is 29.8 Å². The van der Waals surface area contributed by atoms with Gasteiger partial charge in [0, 0.05) is 70.0 Å². The molecule has 0 bridgehead atoms. The molecule has 0 spiro atoms. The minimum atomic E-state index is 0. The molecule has 1 amide bonds. The molecule has 3 aliphatic rings. The lowest BCUT2D eigenvalue weighted by Crippen LogP contribution is -2.57. The van der Waals surface area contributed by atoms with E-state index in [2.05, 4.69) is 58.5 Å². The van der Waals surface area contributed by atoms with Gasteiger partial charge in [-0.05, 0) is 51.4 Å². The topological polar surface area (TPSA) is 60.4 Å². The molecule has 1 aromatic carbocycles. The fourth-order valence-electron chi connectivity index (χ4n) is 5.27. The zero-order chi connectivity index (χ0) is 21.8. The van der Waals surface area contributed by atoms with Crippen LogP contribution in [0.3, 0.4) is 0 Å². The van der Waals surface area contributed by atoms with Crippen LogP contribution in [0.15, 0.2) is 29.3 Å². The summed E-state index contributed by atoms with van der Waals surface area (Å²) in [4.78, 5) is 23.4. The van der Waals surface area contributed by atoms with Gasteiger partial charge < -0.3 is 24.8 Å². The van der Waals surface area contributed by atoms with Crippen LogP contribution < -0.4 is 10.2 Å². The molecule has 1 N–H and O–H groups in total. The van der Waals surface area contributed by atoms with Crippen molar-refractivity contribution in [1.29, 1.82) is 0 Å². The van der Waals surface area contributed by atoms with Crippen LogP contribution >= 0.6 is 24.0 Å². The summed E-state index contributed by atoms with van der Waals surface area (Å²) in [6, 6.07) is 8.65. The SMILES string of the molecule is CN=C(NCC1(N(C)C)CCOCC1)N1CC(CCN2CCCC2=O)c2ccccc21.I. The highest BCUT2D eigenvalue weighted by molar-refractivity contribution is 14.0. The van der Waals surface area contributed by atoms with Gasteiger partial charge in [-0.15, -0.1) is 24.0 Å². The van der Waals surface area contributed by atoms with E-state index >= 15 is 0 Å². The highest BCUT2D eigenvalue weighted by atomic mass is 127. The molecule has 1 aromatic rings. The number of hydrogen-bond donors (Lipinski definition) is 1. The maximum Gasteiger partial charge on any atom is 0.222 e. The smallest absolute Gasteiger partial charge is 0.222 e. The number of aliphatic imine (C=N–C) groups is 1. The Hall–Kier alpha value is -1.39. The summed E-state index contributed by atoms with van der Waals surface area (Å²) >= 11 is 0. The lowest BCUT2D eigenvalue weighted by atomic mass is 9.88. The third-order valence-electron chi connectivity index (χ3n) is 7.40. The van der Waals surface area contributed by atoms with Crippen molar-refractivity contribution in [2.45, 2.75) is 43.6 Å². The molecule has 178 valence electrons. The number of guanidine groups is 1. The lowest BCUT2D eigenvalue weighted by molar-refractivity contribution is -0.127. The number of anilines is 1. The van der Waals surface area contributed by atoms with Crippen molar-refractivity contribution in [2.24, 2.45) is 4.99 Å². The predicted molar refractivity (Wildman–Crippen MR) is 140 cm³/mol. The Kier molecular flexibility index (Phi) is 8.80. The minimum absolute atomic E-state index is 0. The van der Waals surface area contributed by atoms with Crippen LogP contribution in [0, 0.1) is 0 Å². The van der Waals surface area contributed by atoms with Gasteiger partial charge in [0.15, 0.2) is 5.96 Å². The molecular formula is C24H38IN5O2. The van der Waals surface area contributed by atoms with Gasteiger partial charge in [0.25, 0.3) is 0 Å². The molecule has 8 heteroatoms. The quantitative estimate of drug-likeness (QED) is 0.333. The first-order valence-electron chi connectivity index (χ1n) is 11.6. The molecule has 7 nitrogen and oxygen atoms in total. The van der Waals surface area contributed by atoms with Crippen molar-refractivity contribution >= 4 is 41.5 Å². The molecule has 0 saturated carbocycles. The van der Waals surface area contributed by atoms with E-state index in [1.807, 2.05) is 11.9 Å². The van der Waals surface area contributed by atoms with Gasteiger partial charge in [0.1, 0.15) is 0 Å². The highest BCUT2D eigenvalue weighted by Gasteiger charge is 2.37. The molecule has 0 aliphatic carbocycles. The van der Waals surface area contributed by atoms with E-state index in [0.29, 0.717) is 18.2 Å². The number of amides is 1. The van der Waals surface area contributed by atoms with E-state index in [1.54, 1.807) is 0 Å². The van der Waals surface area contributed by atoms with Crippen LogP contribution in [0.4, 0.5) is 5.69 Å². The van der Waals surface area contributed by atoms with Crippen molar-refractivity contribution in [3.63, 3.8) is 0 Å². The number of ether oxygens (including phenoxy) is 1. The Bertz CT molecular complexity index is 809. The Morgan fingerprint density at radius 3 is 2.69 bits per heavy atom. The summed E-state index contributed by atoms with van der Waals surface area (Å²) in [5.41, 5.74) is 2.69. The van der Waals surface area contributed by atoms with Gasteiger partial charge in [-0.25, -0.2) is 0 Å². The first-order valence-corrected chi connectivity index (χ1v) is 11.6. The van der Waals surface area contributed by atoms with E-state index in [-0.39, 0.29) is 29.5 Å². The predicted octanol–water partition coefficient (Wildman–Crippen LogP) is 2.91. The number of likely N-dealkylation sites (tertiary alicyclic amines) is 1. The number of halogens is 1. The Morgan fingerprint density at radius 2 is 2.03 bits per heavy atom. The van der Waals surface area contributed by atoms with E-state index < -0.39 is 0 Å². The second kappa shape index (κ2) is 11.2. The van der Waals surface area contributed by atoms with E-state index in [0.717, 1.165) is 71.0 Å². The number of benzene rings is 1. The zero-order valence-electron chi connectivity index (χ0n) is 19.7. The Balaban J connectivity index is 0.00000289. The molecule has 0 aromatic heterocycles. The zero-order valence-corrected chi connectivity index (χ0v) is 22.0. The number of likely N-dealkylation sites (N-methyl/N-ethyl adjacent to an activating group) is 1. The van der Waals surface area contributed by atoms with Crippen molar-refractivity contribution in [3.8, 4) is 0 Å². The number of nitrogens with zero attached hydrogens (tertiary/aromatic N) is 4. The molecular weight excluding hydrogens is 517 g/mol. The number of carbonyl (C=O) groups is 1. The normalized spacial score (nSPS) is 22.8. The molecule has 4 rings (SSSR count). The molecule has 1 atom stereocenters. The first-order chi connectivity index (χ1) is 15.0. The largest absolute Gasteiger partial charge is 0.381 e. The maximum atomic E-state index is 12.0. The maximum absolute atomic E-state index is 12.0. The molecule has 0 radical (unpaired) electrons. The molecule has 2 fully saturated rings. The number of carbonyl (C=O) groups excluding carboxylic acids is 1.